The van der Waals surface area contributed by atoms with E-state index in [1.54, 1.807) is 4.90 Å². The van der Waals surface area contributed by atoms with Gasteiger partial charge in [-0.25, -0.2) is 0 Å². The van der Waals surface area contributed by atoms with Gasteiger partial charge in [-0.05, 0) is 88.0 Å². The van der Waals surface area contributed by atoms with Gasteiger partial charge in [0.05, 0.1) is 24.5 Å². The van der Waals surface area contributed by atoms with Gasteiger partial charge in [0.25, 0.3) is 0 Å². The van der Waals surface area contributed by atoms with Crippen LogP contribution in [-0.2, 0) is 24.5 Å². The summed E-state index contributed by atoms with van der Waals surface area (Å²) in [4.78, 5) is 42.6. The summed E-state index contributed by atoms with van der Waals surface area (Å²) in [6.07, 6.45) is 7.76. The van der Waals surface area contributed by atoms with Crippen LogP contribution in [0.15, 0.2) is 24.3 Å². The van der Waals surface area contributed by atoms with Crippen molar-refractivity contribution in [3.05, 3.63) is 35.4 Å². The lowest BCUT2D eigenvalue weighted by Gasteiger charge is -2.62. The van der Waals surface area contributed by atoms with Crippen molar-refractivity contribution in [1.29, 1.82) is 0 Å². The molecule has 35 heavy (non-hydrogen) atoms. The summed E-state index contributed by atoms with van der Waals surface area (Å²) in [5.74, 6) is 1.08. The van der Waals surface area contributed by atoms with Gasteiger partial charge in [-0.1, -0.05) is 29.8 Å². The fourth-order valence-corrected chi connectivity index (χ4v) is 8.16. The molecule has 0 radical (unpaired) electrons. The number of carbonyl (C=O) groups excluding carboxylic acids is 3. The molecule has 1 aliphatic heterocycles. The number of piperidine rings is 1. The van der Waals surface area contributed by atoms with Gasteiger partial charge in [0, 0.05) is 20.1 Å². The molecule has 5 fully saturated rings. The van der Waals surface area contributed by atoms with Crippen molar-refractivity contribution in [1.82, 2.24) is 9.80 Å². The van der Waals surface area contributed by atoms with Gasteiger partial charge in [0.15, 0.2) is 0 Å². The smallest absolute Gasteiger partial charge is 0.309 e. The molecule has 0 aromatic heterocycles. The van der Waals surface area contributed by atoms with Crippen LogP contribution >= 0.6 is 0 Å². The first-order valence-electron chi connectivity index (χ1n) is 13.5. The molecule has 4 bridgehead atoms. The molecule has 1 aromatic rings. The number of esters is 1. The van der Waals surface area contributed by atoms with E-state index < -0.39 is 0 Å². The lowest BCUT2D eigenvalue weighted by atomic mass is 9.42. The second kappa shape index (κ2) is 9.25. The van der Waals surface area contributed by atoms with Crippen molar-refractivity contribution < 1.29 is 19.1 Å². The van der Waals surface area contributed by atoms with Crippen LogP contribution in [0.1, 0.15) is 69.4 Å². The van der Waals surface area contributed by atoms with Gasteiger partial charge >= 0.3 is 5.97 Å². The van der Waals surface area contributed by atoms with Crippen molar-refractivity contribution in [2.24, 2.45) is 23.2 Å². The second-order valence-electron chi connectivity index (χ2n) is 12.0. The molecule has 2 amide bonds. The lowest BCUT2D eigenvalue weighted by Crippen LogP contribution is -2.60. The zero-order valence-electron chi connectivity index (χ0n) is 21.6. The highest BCUT2D eigenvalue weighted by molar-refractivity contribution is 5.88. The zero-order valence-corrected chi connectivity index (χ0v) is 21.6. The largest absolute Gasteiger partial charge is 0.466 e. The van der Waals surface area contributed by atoms with Crippen LogP contribution in [0.5, 0.6) is 0 Å². The van der Waals surface area contributed by atoms with Crippen LogP contribution in [0.4, 0.5) is 0 Å². The van der Waals surface area contributed by atoms with Crippen molar-refractivity contribution >= 4 is 17.8 Å². The SMILES string of the molecule is CCOC(=O)C1CCN(C(=O)CN(C)C(=O)C23CC4CC(C2)CC(c2ccc(C)cc2)(C4)C3)CC1. The Morgan fingerprint density at radius 1 is 1.03 bits per heavy atom. The van der Waals surface area contributed by atoms with Gasteiger partial charge < -0.3 is 14.5 Å². The van der Waals surface area contributed by atoms with E-state index in [1.165, 1.54) is 30.4 Å². The van der Waals surface area contributed by atoms with Crippen molar-refractivity contribution in [3.63, 3.8) is 0 Å². The first kappa shape index (κ1) is 24.3. The molecule has 6 nitrogen and oxygen atoms in total. The van der Waals surface area contributed by atoms with Crippen LogP contribution in [0.2, 0.25) is 0 Å². The summed E-state index contributed by atoms with van der Waals surface area (Å²) < 4.78 is 5.14. The molecular formula is C29H40N2O4. The van der Waals surface area contributed by atoms with E-state index in [-0.39, 0.29) is 41.1 Å². The average Bonchev–Trinajstić information content (AvgIpc) is 2.83. The van der Waals surface area contributed by atoms with Crippen LogP contribution < -0.4 is 0 Å². The summed E-state index contributed by atoms with van der Waals surface area (Å²) in [7, 11) is 1.81. The zero-order chi connectivity index (χ0) is 24.8. The lowest BCUT2D eigenvalue weighted by molar-refractivity contribution is -0.161. The summed E-state index contributed by atoms with van der Waals surface area (Å²) in [6, 6.07) is 8.98. The first-order chi connectivity index (χ1) is 16.7. The van der Waals surface area contributed by atoms with Crippen LogP contribution in [-0.4, -0.2) is 60.9 Å². The molecule has 4 aliphatic carbocycles. The van der Waals surface area contributed by atoms with Gasteiger partial charge in [-0.2, -0.15) is 0 Å². The van der Waals surface area contributed by atoms with Crippen LogP contribution in [0.25, 0.3) is 0 Å². The minimum atomic E-state index is -0.332. The van der Waals surface area contributed by atoms with E-state index in [0.717, 1.165) is 19.3 Å². The Bertz CT molecular complexity index is 965. The monoisotopic (exact) mass is 480 g/mol. The number of nitrogens with zero attached hydrogens (tertiary/aromatic N) is 2. The first-order valence-corrected chi connectivity index (χ1v) is 13.5. The summed E-state index contributed by atoms with van der Waals surface area (Å²) >= 11 is 0. The average molecular weight is 481 g/mol. The Morgan fingerprint density at radius 2 is 1.66 bits per heavy atom. The number of amides is 2. The Hall–Kier alpha value is -2.37. The predicted molar refractivity (Wildman–Crippen MR) is 134 cm³/mol. The third-order valence-electron chi connectivity index (χ3n) is 9.37. The quantitative estimate of drug-likeness (QED) is 0.575. The fraction of sp³-hybridized carbons (Fsp3) is 0.690. The molecule has 1 aromatic carbocycles. The van der Waals surface area contributed by atoms with Crippen molar-refractivity contribution in [2.45, 2.75) is 70.6 Å². The summed E-state index contributed by atoms with van der Waals surface area (Å²) in [5, 5.41) is 0. The predicted octanol–water partition coefficient (Wildman–Crippen LogP) is 4.09. The maximum absolute atomic E-state index is 13.9. The number of likely N-dealkylation sites (tertiary alicyclic amines) is 1. The maximum atomic E-state index is 13.9. The molecule has 2 unspecified atom stereocenters. The molecule has 4 saturated carbocycles. The van der Waals surface area contributed by atoms with Gasteiger partial charge in [-0.3, -0.25) is 14.4 Å². The Kier molecular flexibility index (Phi) is 6.43. The molecular weight excluding hydrogens is 440 g/mol. The molecule has 6 heteroatoms. The number of aryl methyl sites for hydroxylation is 1. The van der Waals surface area contributed by atoms with Crippen LogP contribution in [0, 0.1) is 30.1 Å². The third kappa shape index (κ3) is 4.49. The number of hydrogen-bond donors (Lipinski definition) is 0. The second-order valence-corrected chi connectivity index (χ2v) is 12.0. The number of rotatable bonds is 6. The number of benzene rings is 1. The summed E-state index contributed by atoms with van der Waals surface area (Å²) in [6.45, 7) is 5.55. The Labute approximate surface area is 209 Å². The molecule has 1 heterocycles. The topological polar surface area (TPSA) is 66.9 Å². The van der Waals surface area contributed by atoms with E-state index in [2.05, 4.69) is 31.2 Å². The van der Waals surface area contributed by atoms with E-state index in [0.29, 0.717) is 44.4 Å². The van der Waals surface area contributed by atoms with Gasteiger partial charge in [0.1, 0.15) is 0 Å². The number of hydrogen-bond acceptors (Lipinski definition) is 4. The highest BCUT2D eigenvalue weighted by Crippen LogP contribution is 2.66. The number of likely N-dealkylation sites (N-methyl/N-ethyl adjacent to an activating group) is 1. The molecule has 0 N–H and O–H groups in total. The summed E-state index contributed by atoms with van der Waals surface area (Å²) in [5.41, 5.74) is 2.44. The van der Waals surface area contributed by atoms with E-state index in [1.807, 2.05) is 18.9 Å². The Balaban J connectivity index is 1.25. The number of ether oxygens (including phenoxy) is 1. The molecule has 5 aliphatic rings. The normalized spacial score (nSPS) is 31.9. The van der Waals surface area contributed by atoms with Crippen molar-refractivity contribution in [3.8, 4) is 0 Å². The number of carbonyl (C=O) groups is 3. The van der Waals surface area contributed by atoms with Gasteiger partial charge in [-0.15, -0.1) is 0 Å². The standard InChI is InChI=1S/C29H40N2O4/c1-4-35-26(33)23-9-11-31(12-10-23)25(32)18-30(3)27(34)29-16-21-13-22(17-29)15-28(14-21,19-29)24-7-5-20(2)6-8-24/h5-8,21-23H,4,9-19H2,1-3H3. The van der Waals surface area contributed by atoms with E-state index in [4.69, 9.17) is 4.74 Å². The molecule has 2 atom stereocenters. The highest BCUT2D eigenvalue weighted by Gasteiger charge is 2.61. The third-order valence-corrected chi connectivity index (χ3v) is 9.37. The van der Waals surface area contributed by atoms with Gasteiger partial charge in [0.2, 0.25) is 11.8 Å². The molecule has 6 rings (SSSR count). The van der Waals surface area contributed by atoms with E-state index >= 15 is 0 Å². The highest BCUT2D eigenvalue weighted by atomic mass is 16.5. The molecule has 0 spiro atoms. The minimum Gasteiger partial charge on any atom is -0.466 e. The van der Waals surface area contributed by atoms with Crippen molar-refractivity contribution in [2.75, 3.05) is 33.3 Å². The molecule has 190 valence electrons. The van der Waals surface area contributed by atoms with Crippen LogP contribution in [0.3, 0.4) is 0 Å². The van der Waals surface area contributed by atoms with E-state index in [9.17, 15) is 14.4 Å². The minimum absolute atomic E-state index is 0.0128. The fourth-order valence-electron chi connectivity index (χ4n) is 8.16. The molecule has 1 saturated heterocycles. The Morgan fingerprint density at radius 3 is 2.26 bits per heavy atom. The maximum Gasteiger partial charge on any atom is 0.309 e.